The van der Waals surface area contributed by atoms with Crippen LogP contribution in [0.1, 0.15) is 34.6 Å². The smallest absolute Gasteiger partial charge is 0.113 e. The molecule has 3 N–H and O–H groups in total. The average molecular weight is 228 g/mol. The summed E-state index contributed by atoms with van der Waals surface area (Å²) in [6, 6.07) is 0.490. The van der Waals surface area contributed by atoms with Crippen LogP contribution in [0.4, 0.5) is 0 Å². The van der Waals surface area contributed by atoms with Gasteiger partial charge in [0.1, 0.15) is 6.29 Å². The maximum absolute atomic E-state index is 3.60. The van der Waals surface area contributed by atoms with E-state index in [-0.39, 0.29) is 6.29 Å². The standard InChI is InChI=1S/C12H28N4/c1-6-16(7-2)11-10(5)14-12(15-11)13-8-9(3)4/h9-15H,6-8H2,1-5H3. The zero-order valence-corrected chi connectivity index (χ0v) is 11.4. The molecule has 3 atom stereocenters. The fourth-order valence-corrected chi connectivity index (χ4v) is 2.23. The lowest BCUT2D eigenvalue weighted by Crippen LogP contribution is -2.51. The highest BCUT2D eigenvalue weighted by atomic mass is 15.4. The van der Waals surface area contributed by atoms with Gasteiger partial charge in [-0.05, 0) is 25.9 Å². The van der Waals surface area contributed by atoms with Gasteiger partial charge in [0.15, 0.2) is 0 Å². The van der Waals surface area contributed by atoms with Gasteiger partial charge in [0.2, 0.25) is 0 Å². The van der Waals surface area contributed by atoms with E-state index >= 15 is 0 Å². The maximum Gasteiger partial charge on any atom is 0.113 e. The molecule has 0 aliphatic carbocycles. The molecule has 0 radical (unpaired) electrons. The van der Waals surface area contributed by atoms with Crippen molar-refractivity contribution in [1.29, 1.82) is 0 Å². The summed E-state index contributed by atoms with van der Waals surface area (Å²) in [6.45, 7) is 14.4. The first-order chi connectivity index (χ1) is 7.58. The topological polar surface area (TPSA) is 39.3 Å². The zero-order valence-electron chi connectivity index (χ0n) is 11.4. The van der Waals surface area contributed by atoms with Gasteiger partial charge in [-0.25, -0.2) is 0 Å². The van der Waals surface area contributed by atoms with Crippen molar-refractivity contribution >= 4 is 0 Å². The van der Waals surface area contributed by atoms with E-state index in [1.807, 2.05) is 0 Å². The first-order valence-corrected chi connectivity index (χ1v) is 6.58. The summed E-state index contributed by atoms with van der Waals surface area (Å²) < 4.78 is 0. The van der Waals surface area contributed by atoms with Crippen LogP contribution < -0.4 is 16.0 Å². The van der Waals surface area contributed by atoms with E-state index in [1.54, 1.807) is 0 Å². The van der Waals surface area contributed by atoms with Gasteiger partial charge in [0, 0.05) is 12.6 Å². The Kier molecular flexibility index (Phi) is 5.69. The molecule has 0 aromatic carbocycles. The van der Waals surface area contributed by atoms with Crippen molar-refractivity contribution in [3.8, 4) is 0 Å². The molecule has 1 aliphatic heterocycles. The Morgan fingerprint density at radius 3 is 2.31 bits per heavy atom. The number of likely N-dealkylation sites (N-methyl/N-ethyl adjacent to an activating group) is 1. The lowest BCUT2D eigenvalue weighted by molar-refractivity contribution is 0.181. The molecular formula is C12H28N4. The largest absolute Gasteiger partial charge is 0.289 e. The van der Waals surface area contributed by atoms with E-state index in [1.165, 1.54) is 0 Å². The summed E-state index contributed by atoms with van der Waals surface area (Å²) in [6.07, 6.45) is 0.697. The summed E-state index contributed by atoms with van der Waals surface area (Å²) in [7, 11) is 0. The Bertz CT molecular complexity index is 191. The van der Waals surface area contributed by atoms with Crippen LogP contribution in [0.5, 0.6) is 0 Å². The lowest BCUT2D eigenvalue weighted by Gasteiger charge is -2.28. The molecule has 0 spiro atoms. The molecule has 1 heterocycles. The molecule has 3 unspecified atom stereocenters. The molecule has 1 saturated heterocycles. The summed E-state index contributed by atoms with van der Waals surface area (Å²) in [5.41, 5.74) is 0. The Labute approximate surface area is 100 Å². The molecule has 0 aromatic rings. The fraction of sp³-hybridized carbons (Fsp3) is 1.00. The predicted molar refractivity (Wildman–Crippen MR) is 69.1 cm³/mol. The second-order valence-electron chi connectivity index (χ2n) is 5.02. The average Bonchev–Trinajstić information content (AvgIpc) is 2.59. The van der Waals surface area contributed by atoms with Crippen LogP contribution in [0.2, 0.25) is 0 Å². The minimum atomic E-state index is 0.253. The number of hydrogen-bond donors (Lipinski definition) is 3. The minimum Gasteiger partial charge on any atom is -0.289 e. The minimum absolute atomic E-state index is 0.253. The Morgan fingerprint density at radius 1 is 1.19 bits per heavy atom. The van der Waals surface area contributed by atoms with Crippen LogP contribution >= 0.6 is 0 Å². The van der Waals surface area contributed by atoms with Crippen molar-refractivity contribution in [2.75, 3.05) is 19.6 Å². The highest BCUT2D eigenvalue weighted by molar-refractivity contribution is 4.89. The van der Waals surface area contributed by atoms with E-state index in [0.29, 0.717) is 18.1 Å². The van der Waals surface area contributed by atoms with Gasteiger partial charge in [-0.15, -0.1) is 0 Å². The molecule has 16 heavy (non-hydrogen) atoms. The Balaban J connectivity index is 2.40. The van der Waals surface area contributed by atoms with Crippen molar-refractivity contribution in [2.45, 2.75) is 53.1 Å². The number of rotatable bonds is 6. The molecule has 4 heteroatoms. The van der Waals surface area contributed by atoms with Crippen LogP contribution in [0.25, 0.3) is 0 Å². The quantitative estimate of drug-likeness (QED) is 0.628. The molecule has 1 aliphatic rings. The van der Waals surface area contributed by atoms with Gasteiger partial charge in [-0.3, -0.25) is 20.9 Å². The van der Waals surface area contributed by atoms with Crippen LogP contribution in [-0.4, -0.2) is 43.0 Å². The van der Waals surface area contributed by atoms with E-state index in [0.717, 1.165) is 19.6 Å². The first kappa shape index (κ1) is 13.9. The third-order valence-electron chi connectivity index (χ3n) is 3.18. The van der Waals surface area contributed by atoms with Gasteiger partial charge in [-0.2, -0.15) is 0 Å². The van der Waals surface area contributed by atoms with Crippen molar-refractivity contribution < 1.29 is 0 Å². The second kappa shape index (κ2) is 6.55. The molecule has 96 valence electrons. The van der Waals surface area contributed by atoms with E-state index < -0.39 is 0 Å². The SMILES string of the molecule is CCN(CC)C1NC(NCC(C)C)NC1C. The number of nitrogens with one attached hydrogen (secondary N) is 3. The maximum atomic E-state index is 3.60. The third-order valence-corrected chi connectivity index (χ3v) is 3.18. The van der Waals surface area contributed by atoms with Crippen molar-refractivity contribution in [1.82, 2.24) is 20.9 Å². The Hall–Kier alpha value is -0.160. The summed E-state index contributed by atoms with van der Waals surface area (Å²) in [5, 5.41) is 10.6. The highest BCUT2D eigenvalue weighted by Crippen LogP contribution is 2.08. The predicted octanol–water partition coefficient (Wildman–Crippen LogP) is 0.765. The first-order valence-electron chi connectivity index (χ1n) is 6.58. The van der Waals surface area contributed by atoms with E-state index in [4.69, 9.17) is 0 Å². The monoisotopic (exact) mass is 228 g/mol. The van der Waals surface area contributed by atoms with Gasteiger partial charge >= 0.3 is 0 Å². The summed E-state index contributed by atoms with van der Waals surface area (Å²) in [4.78, 5) is 2.45. The van der Waals surface area contributed by atoms with Crippen molar-refractivity contribution in [3.05, 3.63) is 0 Å². The van der Waals surface area contributed by atoms with Gasteiger partial charge in [0.25, 0.3) is 0 Å². The van der Waals surface area contributed by atoms with Crippen molar-refractivity contribution in [2.24, 2.45) is 5.92 Å². The third kappa shape index (κ3) is 3.70. The summed E-state index contributed by atoms with van der Waals surface area (Å²) in [5.74, 6) is 0.686. The molecule has 0 bridgehead atoms. The number of nitrogens with zero attached hydrogens (tertiary/aromatic N) is 1. The highest BCUT2D eigenvalue weighted by Gasteiger charge is 2.32. The van der Waals surface area contributed by atoms with Crippen LogP contribution in [0.3, 0.4) is 0 Å². The summed E-state index contributed by atoms with van der Waals surface area (Å²) >= 11 is 0. The van der Waals surface area contributed by atoms with Gasteiger partial charge in [0.05, 0.1) is 6.17 Å². The van der Waals surface area contributed by atoms with Gasteiger partial charge < -0.3 is 0 Å². The number of hydrogen-bond acceptors (Lipinski definition) is 4. The molecule has 1 fully saturated rings. The molecule has 1 rings (SSSR count). The molecule has 0 amide bonds. The van der Waals surface area contributed by atoms with Crippen LogP contribution in [0.15, 0.2) is 0 Å². The van der Waals surface area contributed by atoms with E-state index in [9.17, 15) is 0 Å². The lowest BCUT2D eigenvalue weighted by atomic mass is 10.2. The second-order valence-corrected chi connectivity index (χ2v) is 5.02. The zero-order chi connectivity index (χ0) is 12.1. The molecule has 0 aromatic heterocycles. The Morgan fingerprint density at radius 2 is 1.81 bits per heavy atom. The van der Waals surface area contributed by atoms with Gasteiger partial charge in [-0.1, -0.05) is 27.7 Å². The normalized spacial score (nSPS) is 30.6. The fourth-order valence-electron chi connectivity index (χ4n) is 2.23. The molecular weight excluding hydrogens is 200 g/mol. The molecule has 4 nitrogen and oxygen atoms in total. The van der Waals surface area contributed by atoms with E-state index in [2.05, 4.69) is 55.5 Å². The van der Waals surface area contributed by atoms with Crippen LogP contribution in [-0.2, 0) is 0 Å². The molecule has 0 saturated carbocycles. The van der Waals surface area contributed by atoms with Crippen LogP contribution in [0, 0.1) is 5.92 Å². The van der Waals surface area contributed by atoms with Crippen molar-refractivity contribution in [3.63, 3.8) is 0 Å².